The van der Waals surface area contributed by atoms with Crippen molar-refractivity contribution in [2.24, 2.45) is 0 Å². The highest BCUT2D eigenvalue weighted by Gasteiger charge is 2.05. The Labute approximate surface area is 99.6 Å². The Balaban J connectivity index is 1.78. The third-order valence-electron chi connectivity index (χ3n) is 2.43. The molecule has 2 nitrogen and oxygen atoms in total. The van der Waals surface area contributed by atoms with Crippen LogP contribution >= 0.6 is 11.3 Å². The Morgan fingerprint density at radius 2 is 2.00 bits per heavy atom. The third kappa shape index (κ3) is 3.17. The minimum Gasteiger partial charge on any atom is -0.387 e. The van der Waals surface area contributed by atoms with Gasteiger partial charge >= 0.3 is 0 Å². The number of aliphatic hydroxyl groups excluding tert-OH is 1. The van der Waals surface area contributed by atoms with Crippen molar-refractivity contribution in [3.8, 4) is 0 Å². The molecule has 1 aromatic carbocycles. The molecule has 0 spiro atoms. The average Bonchev–Trinajstić information content (AvgIpc) is 2.83. The van der Waals surface area contributed by atoms with Crippen LogP contribution < -0.4 is 5.32 Å². The normalized spacial score (nSPS) is 12.6. The minimum atomic E-state index is -0.431. The standard InChI is InChI=1S/C13H15NOS/c15-13(12-4-2-1-3-5-12)9-14-8-11-6-7-16-10-11/h1-7,10,13-15H,8-9H2. The second-order valence-corrected chi connectivity index (χ2v) is 4.47. The average molecular weight is 233 g/mol. The zero-order valence-corrected chi connectivity index (χ0v) is 9.78. The Kier molecular flexibility index (Phi) is 4.10. The Morgan fingerprint density at radius 1 is 1.19 bits per heavy atom. The van der Waals surface area contributed by atoms with Gasteiger partial charge in [0.1, 0.15) is 0 Å². The lowest BCUT2D eigenvalue weighted by atomic mass is 10.1. The van der Waals surface area contributed by atoms with Crippen LogP contribution in [0.15, 0.2) is 47.2 Å². The molecule has 0 aliphatic rings. The summed E-state index contributed by atoms with van der Waals surface area (Å²) in [6.45, 7) is 1.40. The zero-order valence-electron chi connectivity index (χ0n) is 8.97. The first-order valence-electron chi connectivity index (χ1n) is 5.31. The topological polar surface area (TPSA) is 32.3 Å². The second kappa shape index (κ2) is 5.80. The van der Waals surface area contributed by atoms with E-state index in [0.717, 1.165) is 12.1 Å². The van der Waals surface area contributed by atoms with E-state index in [1.807, 2.05) is 30.3 Å². The SMILES string of the molecule is OC(CNCc1ccsc1)c1ccccc1. The van der Waals surface area contributed by atoms with Gasteiger partial charge in [0.25, 0.3) is 0 Å². The molecule has 2 aromatic rings. The molecule has 84 valence electrons. The quantitative estimate of drug-likeness (QED) is 0.832. The molecule has 16 heavy (non-hydrogen) atoms. The summed E-state index contributed by atoms with van der Waals surface area (Å²) in [6, 6.07) is 11.8. The van der Waals surface area contributed by atoms with Crippen LogP contribution in [0, 0.1) is 0 Å². The van der Waals surface area contributed by atoms with Crippen LogP contribution in [0.5, 0.6) is 0 Å². The molecule has 0 amide bonds. The van der Waals surface area contributed by atoms with Gasteiger partial charge in [0.05, 0.1) is 6.10 Å². The lowest BCUT2D eigenvalue weighted by molar-refractivity contribution is 0.174. The summed E-state index contributed by atoms with van der Waals surface area (Å²) >= 11 is 1.69. The molecule has 3 heteroatoms. The zero-order chi connectivity index (χ0) is 11.2. The van der Waals surface area contributed by atoms with E-state index < -0.39 is 6.10 Å². The maximum absolute atomic E-state index is 9.89. The van der Waals surface area contributed by atoms with Crippen LogP contribution in [-0.4, -0.2) is 11.7 Å². The second-order valence-electron chi connectivity index (χ2n) is 3.69. The van der Waals surface area contributed by atoms with E-state index in [4.69, 9.17) is 0 Å². The van der Waals surface area contributed by atoms with Gasteiger partial charge in [-0.3, -0.25) is 0 Å². The molecule has 0 aliphatic heterocycles. The lowest BCUT2D eigenvalue weighted by Gasteiger charge is -2.11. The van der Waals surface area contributed by atoms with Crippen LogP contribution in [0.25, 0.3) is 0 Å². The third-order valence-corrected chi connectivity index (χ3v) is 3.16. The Bertz CT molecular complexity index is 399. The molecule has 0 fully saturated rings. The summed E-state index contributed by atoms with van der Waals surface area (Å²) < 4.78 is 0. The van der Waals surface area contributed by atoms with Crippen molar-refractivity contribution in [3.05, 3.63) is 58.3 Å². The predicted molar refractivity (Wildman–Crippen MR) is 67.4 cm³/mol. The van der Waals surface area contributed by atoms with Crippen molar-refractivity contribution < 1.29 is 5.11 Å². The van der Waals surface area contributed by atoms with Crippen LogP contribution in [-0.2, 0) is 6.54 Å². The van der Waals surface area contributed by atoms with Crippen LogP contribution in [0.4, 0.5) is 0 Å². The first-order valence-corrected chi connectivity index (χ1v) is 6.25. The molecule has 0 saturated carbocycles. The Morgan fingerprint density at radius 3 is 2.69 bits per heavy atom. The van der Waals surface area contributed by atoms with Crippen molar-refractivity contribution >= 4 is 11.3 Å². The van der Waals surface area contributed by atoms with Crippen molar-refractivity contribution in [2.45, 2.75) is 12.6 Å². The number of benzene rings is 1. The fourth-order valence-electron chi connectivity index (χ4n) is 1.54. The van der Waals surface area contributed by atoms with E-state index in [9.17, 15) is 5.11 Å². The van der Waals surface area contributed by atoms with Gasteiger partial charge < -0.3 is 10.4 Å². The molecule has 0 saturated heterocycles. The summed E-state index contributed by atoms with van der Waals surface area (Å²) in [7, 11) is 0. The fraction of sp³-hybridized carbons (Fsp3) is 0.231. The minimum absolute atomic E-state index is 0.431. The van der Waals surface area contributed by atoms with E-state index in [0.29, 0.717) is 6.54 Å². The molecule has 0 aliphatic carbocycles. The lowest BCUT2D eigenvalue weighted by Crippen LogP contribution is -2.20. The van der Waals surface area contributed by atoms with Gasteiger partial charge in [-0.05, 0) is 28.0 Å². The highest BCUT2D eigenvalue weighted by molar-refractivity contribution is 7.07. The molecule has 2 N–H and O–H groups in total. The first kappa shape index (κ1) is 11.3. The summed E-state index contributed by atoms with van der Waals surface area (Å²) in [6.07, 6.45) is -0.431. The van der Waals surface area contributed by atoms with E-state index in [1.54, 1.807) is 11.3 Å². The molecule has 1 heterocycles. The number of thiophene rings is 1. The fourth-order valence-corrected chi connectivity index (χ4v) is 2.21. The molecule has 2 rings (SSSR count). The van der Waals surface area contributed by atoms with E-state index in [2.05, 4.69) is 22.1 Å². The summed E-state index contributed by atoms with van der Waals surface area (Å²) in [4.78, 5) is 0. The molecular weight excluding hydrogens is 218 g/mol. The molecule has 1 aromatic heterocycles. The number of hydrogen-bond acceptors (Lipinski definition) is 3. The van der Waals surface area contributed by atoms with Gasteiger partial charge in [0.15, 0.2) is 0 Å². The van der Waals surface area contributed by atoms with Crippen LogP contribution in [0.1, 0.15) is 17.2 Å². The van der Waals surface area contributed by atoms with E-state index in [-0.39, 0.29) is 0 Å². The van der Waals surface area contributed by atoms with Gasteiger partial charge in [0.2, 0.25) is 0 Å². The Hall–Kier alpha value is -1.16. The number of aliphatic hydroxyl groups is 1. The predicted octanol–water partition coefficient (Wildman–Crippen LogP) is 2.57. The van der Waals surface area contributed by atoms with Crippen LogP contribution in [0.2, 0.25) is 0 Å². The number of hydrogen-bond donors (Lipinski definition) is 2. The van der Waals surface area contributed by atoms with Crippen molar-refractivity contribution in [3.63, 3.8) is 0 Å². The van der Waals surface area contributed by atoms with Crippen LogP contribution in [0.3, 0.4) is 0 Å². The monoisotopic (exact) mass is 233 g/mol. The largest absolute Gasteiger partial charge is 0.387 e. The molecular formula is C13H15NOS. The van der Waals surface area contributed by atoms with Gasteiger partial charge in [0, 0.05) is 13.1 Å². The van der Waals surface area contributed by atoms with E-state index in [1.165, 1.54) is 5.56 Å². The molecule has 0 radical (unpaired) electrons. The van der Waals surface area contributed by atoms with Crippen molar-refractivity contribution in [1.29, 1.82) is 0 Å². The molecule has 0 bridgehead atoms. The van der Waals surface area contributed by atoms with E-state index >= 15 is 0 Å². The summed E-state index contributed by atoms with van der Waals surface area (Å²) in [5, 5.41) is 17.3. The maximum Gasteiger partial charge on any atom is 0.0914 e. The first-order chi connectivity index (χ1) is 7.86. The van der Waals surface area contributed by atoms with Crippen molar-refractivity contribution in [2.75, 3.05) is 6.54 Å². The molecule has 1 unspecified atom stereocenters. The number of rotatable bonds is 5. The highest BCUT2D eigenvalue weighted by atomic mass is 32.1. The number of nitrogens with one attached hydrogen (secondary N) is 1. The molecule has 1 atom stereocenters. The smallest absolute Gasteiger partial charge is 0.0914 e. The van der Waals surface area contributed by atoms with Gasteiger partial charge in [-0.1, -0.05) is 30.3 Å². The van der Waals surface area contributed by atoms with Gasteiger partial charge in [-0.15, -0.1) is 0 Å². The summed E-state index contributed by atoms with van der Waals surface area (Å²) in [5.74, 6) is 0. The van der Waals surface area contributed by atoms with Gasteiger partial charge in [-0.25, -0.2) is 0 Å². The van der Waals surface area contributed by atoms with Crippen molar-refractivity contribution in [1.82, 2.24) is 5.32 Å². The van der Waals surface area contributed by atoms with Gasteiger partial charge in [-0.2, -0.15) is 11.3 Å². The summed E-state index contributed by atoms with van der Waals surface area (Å²) in [5.41, 5.74) is 2.23. The maximum atomic E-state index is 9.89. The highest BCUT2D eigenvalue weighted by Crippen LogP contribution is 2.11.